The summed E-state index contributed by atoms with van der Waals surface area (Å²) in [5.74, 6) is -3.45. The Hall–Kier alpha value is -4.21. The number of hydrogen-bond donors (Lipinski definition) is 1. The van der Waals surface area contributed by atoms with Crippen molar-refractivity contribution in [2.75, 3.05) is 5.73 Å². The minimum absolute atomic E-state index is 0.176. The first kappa shape index (κ1) is 20.7. The van der Waals surface area contributed by atoms with E-state index >= 15 is 0 Å². The predicted octanol–water partition coefficient (Wildman–Crippen LogP) is 4.62. The molecule has 0 saturated heterocycles. The molecule has 0 aliphatic carbocycles. The fourth-order valence-corrected chi connectivity index (χ4v) is 3.79. The molecule has 10 heteroatoms. The van der Waals surface area contributed by atoms with E-state index in [1.165, 1.54) is 29.2 Å². The summed E-state index contributed by atoms with van der Waals surface area (Å²) in [7, 11) is 0. The Morgan fingerprint density at radius 1 is 0.939 bits per heavy atom. The first-order chi connectivity index (χ1) is 15.8. The van der Waals surface area contributed by atoms with Crippen LogP contribution in [0.1, 0.15) is 18.5 Å². The Morgan fingerprint density at radius 2 is 1.67 bits per heavy atom. The number of hydrogen-bond acceptors (Lipinski definition) is 5. The van der Waals surface area contributed by atoms with Crippen molar-refractivity contribution in [2.24, 2.45) is 0 Å². The van der Waals surface area contributed by atoms with Crippen LogP contribution in [0.15, 0.2) is 73.4 Å². The molecule has 33 heavy (non-hydrogen) atoms. The highest BCUT2D eigenvalue weighted by Gasteiger charge is 2.37. The van der Waals surface area contributed by atoms with Crippen molar-refractivity contribution in [3.05, 3.63) is 84.8 Å². The van der Waals surface area contributed by atoms with Crippen molar-refractivity contribution in [3.63, 3.8) is 0 Å². The van der Waals surface area contributed by atoms with Crippen molar-refractivity contribution in [2.45, 2.75) is 18.9 Å². The van der Waals surface area contributed by atoms with Gasteiger partial charge >= 0.3 is 0 Å². The van der Waals surface area contributed by atoms with E-state index in [0.29, 0.717) is 16.8 Å². The number of fused-ring (bicyclic) bond motifs is 1. The van der Waals surface area contributed by atoms with Gasteiger partial charge in [0.15, 0.2) is 5.65 Å². The number of halogens is 3. The number of nitrogens with zero attached hydrogens (tertiary/aromatic N) is 6. The summed E-state index contributed by atoms with van der Waals surface area (Å²) < 4.78 is 45.1. The zero-order valence-electron chi connectivity index (χ0n) is 17.4. The van der Waals surface area contributed by atoms with Gasteiger partial charge in [0.25, 0.3) is 5.92 Å². The van der Waals surface area contributed by atoms with Gasteiger partial charge in [-0.25, -0.2) is 17.7 Å². The van der Waals surface area contributed by atoms with E-state index in [4.69, 9.17) is 5.73 Å². The summed E-state index contributed by atoms with van der Waals surface area (Å²) in [4.78, 5) is 8.46. The van der Waals surface area contributed by atoms with Gasteiger partial charge < -0.3 is 5.73 Å². The first-order valence-corrected chi connectivity index (χ1v) is 10.0. The van der Waals surface area contributed by atoms with Gasteiger partial charge in [-0.1, -0.05) is 12.1 Å². The number of nitrogens with two attached hydrogens (primary N) is 1. The summed E-state index contributed by atoms with van der Waals surface area (Å²) in [5, 5.41) is 8.24. The van der Waals surface area contributed by atoms with Gasteiger partial charge in [-0.2, -0.15) is 10.1 Å². The maximum absolute atomic E-state index is 14.5. The number of pyridine rings is 2. The van der Waals surface area contributed by atoms with Crippen molar-refractivity contribution in [1.29, 1.82) is 0 Å². The largest absolute Gasteiger partial charge is 0.366 e. The number of benzene rings is 1. The highest BCUT2D eigenvalue weighted by Crippen LogP contribution is 2.35. The minimum atomic E-state index is -3.13. The molecule has 0 aliphatic rings. The average molecular weight is 449 g/mol. The third-order valence-electron chi connectivity index (χ3n) is 5.29. The molecule has 4 heterocycles. The molecule has 7 nitrogen and oxygen atoms in total. The molecule has 0 spiro atoms. The summed E-state index contributed by atoms with van der Waals surface area (Å²) in [5.41, 5.74) is 9.48. The van der Waals surface area contributed by atoms with Crippen LogP contribution in [0.2, 0.25) is 0 Å². The summed E-state index contributed by atoms with van der Waals surface area (Å²) in [6.07, 6.45) is 8.12. The lowest BCUT2D eigenvalue weighted by Gasteiger charge is -2.24. The zero-order chi connectivity index (χ0) is 23.2. The molecule has 5 aromatic rings. The molecule has 0 saturated carbocycles. The highest BCUT2D eigenvalue weighted by atomic mass is 19.3. The van der Waals surface area contributed by atoms with Crippen LogP contribution >= 0.6 is 0 Å². The number of alkyl halides is 2. The van der Waals surface area contributed by atoms with E-state index in [1.807, 2.05) is 18.2 Å². The second kappa shape index (κ2) is 7.73. The van der Waals surface area contributed by atoms with Crippen molar-refractivity contribution in [3.8, 4) is 22.3 Å². The molecule has 4 aromatic heterocycles. The number of nitrogen functional groups attached to an aromatic ring is 1. The van der Waals surface area contributed by atoms with E-state index in [2.05, 4.69) is 20.2 Å². The molecule has 0 radical (unpaired) electrons. The van der Waals surface area contributed by atoms with Crippen LogP contribution in [0.3, 0.4) is 0 Å². The third-order valence-corrected chi connectivity index (χ3v) is 5.29. The van der Waals surface area contributed by atoms with E-state index in [1.54, 1.807) is 23.1 Å². The molecule has 2 N–H and O–H groups in total. The lowest BCUT2D eigenvalue weighted by Crippen LogP contribution is -2.29. The van der Waals surface area contributed by atoms with Crippen LogP contribution in [0, 0.1) is 5.82 Å². The van der Waals surface area contributed by atoms with Gasteiger partial charge in [-0.15, -0.1) is 5.10 Å². The lowest BCUT2D eigenvalue weighted by atomic mass is 10.0. The van der Waals surface area contributed by atoms with Gasteiger partial charge in [0, 0.05) is 48.4 Å². The molecule has 166 valence electrons. The Balaban J connectivity index is 1.50. The maximum atomic E-state index is 14.5. The van der Waals surface area contributed by atoms with E-state index < -0.39 is 17.8 Å². The van der Waals surface area contributed by atoms with Crippen molar-refractivity contribution in [1.82, 2.24) is 29.4 Å². The number of rotatable bonds is 5. The summed E-state index contributed by atoms with van der Waals surface area (Å²) in [6, 6.07) is 9.18. The fourth-order valence-electron chi connectivity index (χ4n) is 3.79. The Bertz CT molecular complexity index is 1430. The lowest BCUT2D eigenvalue weighted by molar-refractivity contribution is -0.0217. The molecule has 1 aromatic carbocycles. The van der Waals surface area contributed by atoms with E-state index in [0.717, 1.165) is 30.2 Å². The first-order valence-electron chi connectivity index (χ1n) is 10.0. The number of aromatic nitrogens is 6. The van der Waals surface area contributed by atoms with Crippen molar-refractivity contribution < 1.29 is 13.2 Å². The number of anilines is 1. The smallest absolute Gasteiger partial charge is 0.271 e. The predicted molar refractivity (Wildman–Crippen MR) is 117 cm³/mol. The monoisotopic (exact) mass is 449 g/mol. The summed E-state index contributed by atoms with van der Waals surface area (Å²) in [6.45, 7) is 0.817. The Labute approximate surface area is 186 Å². The van der Waals surface area contributed by atoms with E-state index in [9.17, 15) is 13.2 Å². The molecule has 5 rings (SSSR count). The van der Waals surface area contributed by atoms with Gasteiger partial charge in [0.05, 0.1) is 6.20 Å². The normalized spacial score (nSPS) is 12.8. The maximum Gasteiger partial charge on any atom is 0.271 e. The van der Waals surface area contributed by atoms with Gasteiger partial charge in [-0.3, -0.25) is 9.67 Å². The fraction of sp³-hybridized carbons (Fsp3) is 0.130. The molecule has 0 amide bonds. The SMILES string of the molecule is CC(F)(F)[C@@H](c1ccc(F)cc1)n1cc(-c2cncc(-c3ccn4nc(N)nc4c3)c2)cn1. The summed E-state index contributed by atoms with van der Waals surface area (Å²) >= 11 is 0. The Morgan fingerprint density at radius 3 is 2.39 bits per heavy atom. The second-order valence-electron chi connectivity index (χ2n) is 7.77. The van der Waals surface area contributed by atoms with E-state index in [-0.39, 0.29) is 11.5 Å². The molecular formula is C23H18F3N7. The third kappa shape index (κ3) is 4.02. The molecule has 0 bridgehead atoms. The van der Waals surface area contributed by atoms with Crippen LogP contribution < -0.4 is 5.73 Å². The standard InChI is InChI=1S/C23H18F3N7/c1-23(25,26)21(14-2-4-19(24)5-3-14)33-13-18(12-29-33)17-8-16(10-28-11-17)15-6-7-32-20(9-15)30-22(27)31-32/h2-13,21H,1H3,(H2,27,31)/t21-/m1/s1. The van der Waals surface area contributed by atoms with Crippen LogP contribution in [0.5, 0.6) is 0 Å². The van der Waals surface area contributed by atoms with Crippen LogP contribution in [-0.4, -0.2) is 35.3 Å². The molecule has 0 fully saturated rings. The van der Waals surface area contributed by atoms with Gasteiger partial charge in [0.1, 0.15) is 11.9 Å². The molecule has 0 aliphatic heterocycles. The van der Waals surface area contributed by atoms with Gasteiger partial charge in [-0.05, 0) is 41.5 Å². The minimum Gasteiger partial charge on any atom is -0.366 e. The molecular weight excluding hydrogens is 431 g/mol. The molecule has 0 unspecified atom stereocenters. The van der Waals surface area contributed by atoms with Crippen LogP contribution in [-0.2, 0) is 0 Å². The average Bonchev–Trinajstić information content (AvgIpc) is 3.40. The Kier molecular flexibility index (Phi) is 4.85. The second-order valence-corrected chi connectivity index (χ2v) is 7.77. The van der Waals surface area contributed by atoms with Gasteiger partial charge in [0.2, 0.25) is 5.95 Å². The van der Waals surface area contributed by atoms with Crippen molar-refractivity contribution >= 4 is 11.6 Å². The topological polar surface area (TPSA) is 86.9 Å². The van der Waals surface area contributed by atoms with Crippen LogP contribution in [0.4, 0.5) is 19.1 Å². The zero-order valence-corrected chi connectivity index (χ0v) is 17.4. The van der Waals surface area contributed by atoms with Crippen LogP contribution in [0.25, 0.3) is 27.9 Å². The molecule has 1 atom stereocenters. The quantitative estimate of drug-likeness (QED) is 0.423. The highest BCUT2D eigenvalue weighted by molar-refractivity contribution is 5.73.